The van der Waals surface area contributed by atoms with Crippen LogP contribution in [-0.2, 0) is 9.59 Å². The number of carbonyl (C=O) groups is 2. The fourth-order valence-corrected chi connectivity index (χ4v) is 2.95. The molecule has 1 unspecified atom stereocenters. The molecule has 0 aliphatic carbocycles. The van der Waals surface area contributed by atoms with Crippen molar-refractivity contribution in [3.8, 4) is 0 Å². The Morgan fingerprint density at radius 2 is 1.95 bits per heavy atom. The molecule has 3 N–H and O–H groups in total. The van der Waals surface area contributed by atoms with E-state index in [9.17, 15) is 9.59 Å². The molecule has 0 spiro atoms. The highest BCUT2D eigenvalue weighted by atomic mass is 16.2. The number of hydrogen-bond donors (Lipinski definition) is 2. The molecule has 1 heterocycles. The van der Waals surface area contributed by atoms with Gasteiger partial charge in [0, 0.05) is 12.2 Å². The summed E-state index contributed by atoms with van der Waals surface area (Å²) in [5.74, 6) is -0.314. The third kappa shape index (κ3) is 2.80. The summed E-state index contributed by atoms with van der Waals surface area (Å²) in [4.78, 5) is 25.8. The number of nitrogens with one attached hydrogen (secondary N) is 1. The van der Waals surface area contributed by atoms with Gasteiger partial charge < -0.3 is 16.0 Å². The number of fused-ring (bicyclic) bond motifs is 1. The minimum Gasteiger partial charge on any atom is -0.330 e. The fourth-order valence-electron chi connectivity index (χ4n) is 2.95. The van der Waals surface area contributed by atoms with Gasteiger partial charge in [0.25, 0.3) is 0 Å². The molecule has 1 aliphatic heterocycles. The smallest absolute Gasteiger partial charge is 0.247 e. The summed E-state index contributed by atoms with van der Waals surface area (Å²) in [5.41, 5.74) is 6.15. The molecule has 0 bridgehead atoms. The van der Waals surface area contributed by atoms with Crippen molar-refractivity contribution in [2.45, 2.75) is 18.9 Å². The van der Waals surface area contributed by atoms with Crippen LogP contribution in [0.25, 0.3) is 10.8 Å². The molecule has 22 heavy (non-hydrogen) atoms. The van der Waals surface area contributed by atoms with Crippen LogP contribution in [0, 0.1) is 0 Å². The molecule has 3 rings (SSSR count). The summed E-state index contributed by atoms with van der Waals surface area (Å²) in [5, 5.41) is 5.11. The highest BCUT2D eigenvalue weighted by Crippen LogP contribution is 2.22. The van der Waals surface area contributed by atoms with Crippen molar-refractivity contribution in [2.75, 3.05) is 18.4 Å². The first-order valence-corrected chi connectivity index (χ1v) is 7.48. The minimum absolute atomic E-state index is 0.0558. The summed E-state index contributed by atoms with van der Waals surface area (Å²) < 4.78 is 0. The summed E-state index contributed by atoms with van der Waals surface area (Å²) in [6, 6.07) is 13.4. The van der Waals surface area contributed by atoms with Gasteiger partial charge in [0.1, 0.15) is 6.04 Å². The topological polar surface area (TPSA) is 75.4 Å². The predicted molar refractivity (Wildman–Crippen MR) is 86.4 cm³/mol. The average molecular weight is 297 g/mol. The number of nitrogens with two attached hydrogens (primary N) is 1. The van der Waals surface area contributed by atoms with E-state index in [1.807, 2.05) is 42.5 Å². The lowest BCUT2D eigenvalue weighted by atomic mass is 10.1. The first-order valence-electron chi connectivity index (χ1n) is 7.48. The van der Waals surface area contributed by atoms with E-state index in [-0.39, 0.29) is 18.4 Å². The van der Waals surface area contributed by atoms with E-state index in [1.54, 1.807) is 4.90 Å². The first kappa shape index (κ1) is 14.5. The lowest BCUT2D eigenvalue weighted by Crippen LogP contribution is -2.45. The molecule has 1 atom stereocenters. The van der Waals surface area contributed by atoms with Gasteiger partial charge in [-0.25, -0.2) is 0 Å². The Labute approximate surface area is 129 Å². The van der Waals surface area contributed by atoms with E-state index in [0.29, 0.717) is 13.0 Å². The zero-order valence-electron chi connectivity index (χ0n) is 12.3. The lowest BCUT2D eigenvalue weighted by Gasteiger charge is -2.23. The quantitative estimate of drug-likeness (QED) is 0.906. The molecule has 2 aromatic rings. The summed E-state index contributed by atoms with van der Waals surface area (Å²) in [7, 11) is 0. The number of carbonyl (C=O) groups excluding carboxylic acids is 2. The van der Waals surface area contributed by atoms with Crippen molar-refractivity contribution in [3.63, 3.8) is 0 Å². The van der Waals surface area contributed by atoms with Crippen LogP contribution in [0.4, 0.5) is 5.69 Å². The molecule has 5 nitrogen and oxygen atoms in total. The van der Waals surface area contributed by atoms with E-state index < -0.39 is 6.04 Å². The van der Waals surface area contributed by atoms with Crippen LogP contribution in [0.3, 0.4) is 0 Å². The van der Waals surface area contributed by atoms with Gasteiger partial charge in [-0.05, 0) is 35.7 Å². The van der Waals surface area contributed by atoms with Crippen molar-refractivity contribution in [3.05, 3.63) is 42.5 Å². The van der Waals surface area contributed by atoms with Gasteiger partial charge >= 0.3 is 0 Å². The Bertz CT molecular complexity index is 714. The Balaban J connectivity index is 1.76. The maximum absolute atomic E-state index is 12.4. The molecule has 5 heteroatoms. The molecule has 1 fully saturated rings. The molecule has 1 aliphatic rings. The third-order valence-corrected chi connectivity index (χ3v) is 4.07. The number of anilines is 1. The average Bonchev–Trinajstić information content (AvgIpc) is 3.03. The van der Waals surface area contributed by atoms with Crippen LogP contribution in [0.5, 0.6) is 0 Å². The molecular formula is C17H19N3O2. The second-order valence-corrected chi connectivity index (χ2v) is 5.50. The van der Waals surface area contributed by atoms with Crippen molar-refractivity contribution in [1.29, 1.82) is 0 Å². The molecule has 0 saturated carbocycles. The number of rotatable bonds is 3. The highest BCUT2D eigenvalue weighted by Gasteiger charge is 2.33. The van der Waals surface area contributed by atoms with Gasteiger partial charge in [-0.3, -0.25) is 9.59 Å². The Hall–Kier alpha value is -2.40. The largest absolute Gasteiger partial charge is 0.330 e. The SMILES string of the molecule is NCC(=O)N1CCCC1C(=O)Nc1ccc2ccccc2c1. The summed E-state index contributed by atoms with van der Waals surface area (Å²) in [6.07, 6.45) is 1.52. The van der Waals surface area contributed by atoms with Gasteiger partial charge in [0.05, 0.1) is 6.54 Å². The predicted octanol–water partition coefficient (Wildman–Crippen LogP) is 1.73. The maximum Gasteiger partial charge on any atom is 0.247 e. The standard InChI is InChI=1S/C17H19N3O2/c18-11-16(21)20-9-3-6-15(20)17(22)19-14-8-7-12-4-1-2-5-13(12)10-14/h1-2,4-5,7-8,10,15H,3,6,9,11,18H2,(H,19,22). The highest BCUT2D eigenvalue weighted by molar-refractivity contribution is 5.99. The molecule has 0 aromatic heterocycles. The number of amides is 2. The summed E-state index contributed by atoms with van der Waals surface area (Å²) >= 11 is 0. The first-order chi connectivity index (χ1) is 10.7. The van der Waals surface area contributed by atoms with Gasteiger partial charge in [-0.15, -0.1) is 0 Å². The zero-order valence-corrected chi connectivity index (χ0v) is 12.3. The molecule has 2 amide bonds. The molecular weight excluding hydrogens is 278 g/mol. The van der Waals surface area contributed by atoms with Crippen LogP contribution >= 0.6 is 0 Å². The van der Waals surface area contributed by atoms with Gasteiger partial charge in [-0.2, -0.15) is 0 Å². The normalized spacial score (nSPS) is 17.7. The van der Waals surface area contributed by atoms with E-state index >= 15 is 0 Å². The van der Waals surface area contributed by atoms with E-state index in [4.69, 9.17) is 5.73 Å². The van der Waals surface area contributed by atoms with Crippen LogP contribution in [-0.4, -0.2) is 35.8 Å². The van der Waals surface area contributed by atoms with Gasteiger partial charge in [0.2, 0.25) is 11.8 Å². The monoisotopic (exact) mass is 297 g/mol. The van der Waals surface area contributed by atoms with Crippen molar-refractivity contribution < 1.29 is 9.59 Å². The summed E-state index contributed by atoms with van der Waals surface area (Å²) in [6.45, 7) is 0.547. The van der Waals surface area contributed by atoms with Crippen molar-refractivity contribution >= 4 is 28.3 Å². The Morgan fingerprint density at radius 3 is 2.73 bits per heavy atom. The zero-order chi connectivity index (χ0) is 15.5. The van der Waals surface area contributed by atoms with E-state index in [1.165, 1.54) is 0 Å². The molecule has 2 aromatic carbocycles. The number of hydrogen-bond acceptors (Lipinski definition) is 3. The van der Waals surface area contributed by atoms with Crippen LogP contribution in [0.15, 0.2) is 42.5 Å². The molecule has 0 radical (unpaired) electrons. The Morgan fingerprint density at radius 1 is 1.18 bits per heavy atom. The van der Waals surface area contributed by atoms with Crippen LogP contribution in [0.1, 0.15) is 12.8 Å². The van der Waals surface area contributed by atoms with Gasteiger partial charge in [-0.1, -0.05) is 30.3 Å². The van der Waals surface area contributed by atoms with E-state index in [2.05, 4.69) is 5.32 Å². The van der Waals surface area contributed by atoms with Gasteiger partial charge in [0.15, 0.2) is 0 Å². The maximum atomic E-state index is 12.4. The van der Waals surface area contributed by atoms with Crippen LogP contribution in [0.2, 0.25) is 0 Å². The fraction of sp³-hybridized carbons (Fsp3) is 0.294. The van der Waals surface area contributed by atoms with Crippen molar-refractivity contribution in [1.82, 2.24) is 4.90 Å². The van der Waals surface area contributed by atoms with Crippen molar-refractivity contribution in [2.24, 2.45) is 5.73 Å². The second kappa shape index (κ2) is 6.15. The van der Waals surface area contributed by atoms with E-state index in [0.717, 1.165) is 22.9 Å². The van der Waals surface area contributed by atoms with Crippen LogP contribution < -0.4 is 11.1 Å². The number of likely N-dealkylation sites (tertiary alicyclic amines) is 1. The Kier molecular flexibility index (Phi) is 4.06. The minimum atomic E-state index is -0.414. The molecule has 114 valence electrons. The third-order valence-electron chi connectivity index (χ3n) is 4.07. The lowest BCUT2D eigenvalue weighted by molar-refractivity contribution is -0.135. The number of benzene rings is 2. The second-order valence-electron chi connectivity index (χ2n) is 5.50. The number of nitrogens with zero attached hydrogens (tertiary/aromatic N) is 1. The molecule has 1 saturated heterocycles.